The average Bonchev–Trinajstić information content (AvgIpc) is 2.46. The Balaban J connectivity index is 2.16. The van der Waals surface area contributed by atoms with Crippen LogP contribution in [0.25, 0.3) is 0 Å². The minimum Gasteiger partial charge on any atom is -0.356 e. The van der Waals surface area contributed by atoms with Crippen LogP contribution in [0.5, 0.6) is 0 Å². The number of carbonyl (C=O) groups is 1. The van der Waals surface area contributed by atoms with E-state index >= 15 is 0 Å². The van der Waals surface area contributed by atoms with E-state index in [2.05, 4.69) is 12.2 Å². The van der Waals surface area contributed by atoms with Crippen LogP contribution in [0.4, 0.5) is 0 Å². The van der Waals surface area contributed by atoms with Gasteiger partial charge in [-0.3, -0.25) is 4.79 Å². The molecule has 1 spiro atoms. The number of amides is 1. The molecule has 2 nitrogen and oxygen atoms in total. The first kappa shape index (κ1) is 7.14. The van der Waals surface area contributed by atoms with Gasteiger partial charge in [-0.2, -0.15) is 0 Å². The molecule has 1 aliphatic heterocycles. The maximum absolute atomic E-state index is 11.0. The van der Waals surface area contributed by atoms with Crippen molar-refractivity contribution in [1.82, 2.24) is 5.32 Å². The molecule has 0 aromatic rings. The molecule has 0 aromatic heterocycles. The van der Waals surface area contributed by atoms with Crippen molar-refractivity contribution >= 4 is 5.91 Å². The summed E-state index contributed by atoms with van der Waals surface area (Å²) in [6.45, 7) is 3.22. The molecule has 1 N–H and O–H groups in total. The van der Waals surface area contributed by atoms with Crippen LogP contribution < -0.4 is 5.32 Å². The number of hydrogen-bond acceptors (Lipinski definition) is 1. The molecule has 0 bridgehead atoms. The zero-order chi connectivity index (χ0) is 7.90. The van der Waals surface area contributed by atoms with Gasteiger partial charge in [0.2, 0.25) is 5.91 Å². The Hall–Kier alpha value is -0.530. The van der Waals surface area contributed by atoms with Crippen LogP contribution in [-0.4, -0.2) is 12.5 Å². The van der Waals surface area contributed by atoms with E-state index in [0.717, 1.165) is 18.9 Å². The SMILES string of the molecule is C[C@@H]1CCC[C@@]12CNC(=O)C2. The van der Waals surface area contributed by atoms with Gasteiger partial charge in [-0.25, -0.2) is 0 Å². The third kappa shape index (κ3) is 0.959. The van der Waals surface area contributed by atoms with Crippen molar-refractivity contribution in [3.8, 4) is 0 Å². The normalized spacial score (nSPS) is 43.4. The predicted molar refractivity (Wildman–Crippen MR) is 43.1 cm³/mol. The van der Waals surface area contributed by atoms with Crippen LogP contribution in [-0.2, 0) is 4.79 Å². The molecule has 0 aromatic carbocycles. The lowest BCUT2D eigenvalue weighted by atomic mass is 9.78. The summed E-state index contributed by atoms with van der Waals surface area (Å²) in [6.07, 6.45) is 4.67. The maximum Gasteiger partial charge on any atom is 0.220 e. The van der Waals surface area contributed by atoms with Gasteiger partial charge in [0.15, 0.2) is 0 Å². The first-order valence-electron chi connectivity index (χ1n) is 4.50. The molecule has 2 heteroatoms. The highest BCUT2D eigenvalue weighted by atomic mass is 16.1. The van der Waals surface area contributed by atoms with E-state index in [1.54, 1.807) is 0 Å². The van der Waals surface area contributed by atoms with E-state index in [4.69, 9.17) is 0 Å². The maximum atomic E-state index is 11.0. The van der Waals surface area contributed by atoms with Crippen molar-refractivity contribution < 1.29 is 4.79 Å². The predicted octanol–water partition coefficient (Wildman–Crippen LogP) is 1.31. The summed E-state index contributed by atoms with van der Waals surface area (Å²) in [6, 6.07) is 0. The smallest absolute Gasteiger partial charge is 0.220 e. The molecule has 62 valence electrons. The van der Waals surface area contributed by atoms with Gasteiger partial charge in [0.25, 0.3) is 0 Å². The lowest BCUT2D eigenvalue weighted by Crippen LogP contribution is -2.26. The zero-order valence-corrected chi connectivity index (χ0v) is 7.02. The van der Waals surface area contributed by atoms with Crippen molar-refractivity contribution in [2.45, 2.75) is 32.6 Å². The Kier molecular flexibility index (Phi) is 1.44. The number of hydrogen-bond donors (Lipinski definition) is 1. The van der Waals surface area contributed by atoms with Gasteiger partial charge < -0.3 is 5.32 Å². The van der Waals surface area contributed by atoms with Gasteiger partial charge in [-0.1, -0.05) is 19.8 Å². The first-order chi connectivity index (χ1) is 5.23. The summed E-state index contributed by atoms with van der Waals surface area (Å²) in [4.78, 5) is 11.0. The molecular formula is C9H15NO. The zero-order valence-electron chi connectivity index (χ0n) is 7.02. The monoisotopic (exact) mass is 153 g/mol. The molecule has 2 rings (SSSR count). The van der Waals surface area contributed by atoms with Crippen molar-refractivity contribution in [1.29, 1.82) is 0 Å². The fourth-order valence-corrected chi connectivity index (χ4v) is 2.56. The van der Waals surface area contributed by atoms with Crippen molar-refractivity contribution in [2.75, 3.05) is 6.54 Å². The first-order valence-corrected chi connectivity index (χ1v) is 4.50. The van der Waals surface area contributed by atoms with Gasteiger partial charge in [-0.15, -0.1) is 0 Å². The Bertz CT molecular complexity index is 190. The molecule has 1 saturated heterocycles. The van der Waals surface area contributed by atoms with Crippen molar-refractivity contribution in [3.63, 3.8) is 0 Å². The van der Waals surface area contributed by atoms with Crippen LogP contribution >= 0.6 is 0 Å². The molecule has 2 aliphatic rings. The third-order valence-corrected chi connectivity index (χ3v) is 3.51. The van der Waals surface area contributed by atoms with E-state index < -0.39 is 0 Å². The minimum absolute atomic E-state index is 0.263. The number of nitrogens with one attached hydrogen (secondary N) is 1. The summed E-state index contributed by atoms with van der Waals surface area (Å²) in [5, 5.41) is 2.94. The number of rotatable bonds is 0. The van der Waals surface area contributed by atoms with Crippen molar-refractivity contribution in [2.24, 2.45) is 11.3 Å². The van der Waals surface area contributed by atoms with Gasteiger partial charge in [0.1, 0.15) is 0 Å². The Morgan fingerprint density at radius 2 is 2.45 bits per heavy atom. The molecule has 1 amide bonds. The molecular weight excluding hydrogens is 138 g/mol. The Morgan fingerprint density at radius 3 is 2.91 bits per heavy atom. The minimum atomic E-state index is 0.263. The quantitative estimate of drug-likeness (QED) is 0.558. The summed E-state index contributed by atoms with van der Waals surface area (Å²) >= 11 is 0. The molecule has 0 radical (unpaired) electrons. The van der Waals surface area contributed by atoms with Crippen LogP contribution in [0.15, 0.2) is 0 Å². The van der Waals surface area contributed by atoms with Gasteiger partial charge >= 0.3 is 0 Å². The highest BCUT2D eigenvalue weighted by Crippen LogP contribution is 2.47. The molecule has 2 fully saturated rings. The molecule has 0 unspecified atom stereocenters. The van der Waals surface area contributed by atoms with Crippen LogP contribution in [0.3, 0.4) is 0 Å². The highest BCUT2D eigenvalue weighted by molar-refractivity contribution is 5.79. The average molecular weight is 153 g/mol. The summed E-state index contributed by atoms with van der Waals surface area (Å²) < 4.78 is 0. The second kappa shape index (κ2) is 2.23. The van der Waals surface area contributed by atoms with Crippen LogP contribution in [0.1, 0.15) is 32.6 Å². The lowest BCUT2D eigenvalue weighted by molar-refractivity contribution is -0.119. The molecule has 1 heterocycles. The van der Waals surface area contributed by atoms with Gasteiger partial charge in [-0.05, 0) is 17.8 Å². The fraction of sp³-hybridized carbons (Fsp3) is 0.889. The van der Waals surface area contributed by atoms with Gasteiger partial charge in [0.05, 0.1) is 0 Å². The van der Waals surface area contributed by atoms with E-state index in [9.17, 15) is 4.79 Å². The summed E-state index contributed by atoms with van der Waals surface area (Å²) in [7, 11) is 0. The summed E-state index contributed by atoms with van der Waals surface area (Å²) in [5.74, 6) is 1.01. The molecule has 2 atom stereocenters. The van der Waals surface area contributed by atoms with E-state index in [0.29, 0.717) is 5.41 Å². The van der Waals surface area contributed by atoms with Crippen LogP contribution in [0, 0.1) is 11.3 Å². The van der Waals surface area contributed by atoms with Crippen molar-refractivity contribution in [3.05, 3.63) is 0 Å². The Labute approximate surface area is 67.4 Å². The summed E-state index contributed by atoms with van der Waals surface area (Å²) in [5.41, 5.74) is 0.358. The molecule has 11 heavy (non-hydrogen) atoms. The third-order valence-electron chi connectivity index (χ3n) is 3.51. The standard InChI is InChI=1S/C9H15NO/c1-7-3-2-4-9(7)5-8(11)10-6-9/h7H,2-6H2,1H3,(H,10,11)/t7-,9-/m1/s1. The Morgan fingerprint density at radius 1 is 1.64 bits per heavy atom. The topological polar surface area (TPSA) is 29.1 Å². The number of carbonyl (C=O) groups excluding carboxylic acids is 1. The van der Waals surface area contributed by atoms with E-state index in [-0.39, 0.29) is 5.91 Å². The largest absolute Gasteiger partial charge is 0.356 e. The second-order valence-electron chi connectivity index (χ2n) is 4.11. The van der Waals surface area contributed by atoms with Crippen LogP contribution in [0.2, 0.25) is 0 Å². The lowest BCUT2D eigenvalue weighted by Gasteiger charge is -2.25. The molecule has 1 saturated carbocycles. The fourth-order valence-electron chi connectivity index (χ4n) is 2.56. The molecule has 1 aliphatic carbocycles. The second-order valence-corrected chi connectivity index (χ2v) is 4.11. The highest BCUT2D eigenvalue weighted by Gasteiger charge is 2.45. The van der Waals surface area contributed by atoms with E-state index in [1.807, 2.05) is 0 Å². The van der Waals surface area contributed by atoms with E-state index in [1.165, 1.54) is 19.3 Å². The van der Waals surface area contributed by atoms with Gasteiger partial charge in [0, 0.05) is 13.0 Å².